The Morgan fingerprint density at radius 1 is 1.44 bits per heavy atom. The van der Waals surface area contributed by atoms with Crippen LogP contribution in [0.2, 0.25) is 0 Å². The number of rotatable bonds is 5. The Labute approximate surface area is 94.4 Å². The van der Waals surface area contributed by atoms with E-state index < -0.39 is 22.0 Å². The summed E-state index contributed by atoms with van der Waals surface area (Å²) in [5.41, 5.74) is 0.746. The van der Waals surface area contributed by atoms with E-state index in [1.54, 1.807) is 24.3 Å². The predicted octanol–water partition coefficient (Wildman–Crippen LogP) is 0.486. The maximum absolute atomic E-state index is 10.5. The van der Waals surface area contributed by atoms with Crippen LogP contribution in [0.3, 0.4) is 0 Å². The SMILES string of the molecule is COc1cccc(CC(O)CS(=O)(=O)O)c1. The molecule has 1 aromatic carbocycles. The summed E-state index contributed by atoms with van der Waals surface area (Å²) in [6, 6.07) is 6.94. The van der Waals surface area contributed by atoms with Gasteiger partial charge in [0.15, 0.2) is 0 Å². The van der Waals surface area contributed by atoms with Crippen molar-refractivity contribution in [1.29, 1.82) is 0 Å². The van der Waals surface area contributed by atoms with Gasteiger partial charge >= 0.3 is 0 Å². The molecule has 0 fully saturated rings. The molecule has 0 radical (unpaired) electrons. The molecule has 0 aliphatic heterocycles. The molecule has 0 heterocycles. The highest BCUT2D eigenvalue weighted by molar-refractivity contribution is 7.85. The van der Waals surface area contributed by atoms with Crippen molar-refractivity contribution >= 4 is 10.1 Å². The molecule has 1 unspecified atom stereocenters. The van der Waals surface area contributed by atoms with Gasteiger partial charge in [0.05, 0.1) is 13.2 Å². The van der Waals surface area contributed by atoms with Gasteiger partial charge in [0, 0.05) is 0 Å². The van der Waals surface area contributed by atoms with Crippen molar-refractivity contribution in [3.63, 3.8) is 0 Å². The third-order valence-corrected chi connectivity index (χ3v) is 2.81. The summed E-state index contributed by atoms with van der Waals surface area (Å²) in [5.74, 6) is -0.0268. The van der Waals surface area contributed by atoms with Gasteiger partial charge in [-0.25, -0.2) is 0 Å². The third kappa shape index (κ3) is 4.61. The highest BCUT2D eigenvalue weighted by Gasteiger charge is 2.14. The summed E-state index contributed by atoms with van der Waals surface area (Å²) < 4.78 is 34.6. The summed E-state index contributed by atoms with van der Waals surface area (Å²) in [4.78, 5) is 0. The van der Waals surface area contributed by atoms with Crippen LogP contribution < -0.4 is 4.74 Å². The fourth-order valence-electron chi connectivity index (χ4n) is 1.37. The average molecular weight is 246 g/mol. The Balaban J connectivity index is 2.65. The van der Waals surface area contributed by atoms with Gasteiger partial charge < -0.3 is 9.84 Å². The summed E-state index contributed by atoms with van der Waals surface area (Å²) in [6.45, 7) is 0. The van der Waals surface area contributed by atoms with Gasteiger partial charge in [-0.1, -0.05) is 12.1 Å². The van der Waals surface area contributed by atoms with Crippen molar-refractivity contribution in [2.75, 3.05) is 12.9 Å². The number of hydrogen-bond donors (Lipinski definition) is 2. The lowest BCUT2D eigenvalue weighted by molar-refractivity contribution is 0.195. The Bertz CT molecular complexity index is 440. The van der Waals surface area contributed by atoms with Gasteiger partial charge in [-0.05, 0) is 24.1 Å². The highest BCUT2D eigenvalue weighted by atomic mass is 32.2. The standard InChI is InChI=1S/C10H14O5S/c1-15-10-4-2-3-8(6-10)5-9(11)7-16(12,13)14/h2-4,6,9,11H,5,7H2,1H3,(H,12,13,14). The zero-order chi connectivity index (χ0) is 12.2. The van der Waals surface area contributed by atoms with Crippen LogP contribution in [0.5, 0.6) is 5.75 Å². The largest absolute Gasteiger partial charge is 0.497 e. The second-order valence-corrected chi connectivity index (χ2v) is 4.96. The molecule has 0 aliphatic carbocycles. The summed E-state index contributed by atoms with van der Waals surface area (Å²) in [5, 5.41) is 9.42. The molecule has 5 nitrogen and oxygen atoms in total. The predicted molar refractivity (Wildman–Crippen MR) is 59.1 cm³/mol. The van der Waals surface area contributed by atoms with Crippen LogP contribution >= 0.6 is 0 Å². The number of methoxy groups -OCH3 is 1. The van der Waals surface area contributed by atoms with Gasteiger partial charge in [-0.2, -0.15) is 8.42 Å². The second-order valence-electron chi connectivity index (χ2n) is 3.46. The minimum absolute atomic E-state index is 0.150. The van der Waals surface area contributed by atoms with E-state index in [2.05, 4.69) is 0 Å². The van der Waals surface area contributed by atoms with Crippen LogP contribution in [-0.2, 0) is 16.5 Å². The zero-order valence-electron chi connectivity index (χ0n) is 8.83. The molecule has 0 spiro atoms. The molecule has 0 saturated carbocycles. The Morgan fingerprint density at radius 2 is 2.12 bits per heavy atom. The van der Waals surface area contributed by atoms with E-state index in [1.165, 1.54) is 7.11 Å². The number of ether oxygens (including phenoxy) is 1. The Hall–Kier alpha value is -1.11. The van der Waals surface area contributed by atoms with Gasteiger partial charge in [0.2, 0.25) is 0 Å². The number of hydrogen-bond acceptors (Lipinski definition) is 4. The maximum atomic E-state index is 10.5. The third-order valence-electron chi connectivity index (χ3n) is 2.01. The summed E-state index contributed by atoms with van der Waals surface area (Å²) in [7, 11) is -2.62. The van der Waals surface area contributed by atoms with Crippen molar-refractivity contribution in [3.05, 3.63) is 29.8 Å². The van der Waals surface area contributed by atoms with Crippen molar-refractivity contribution in [2.45, 2.75) is 12.5 Å². The topological polar surface area (TPSA) is 83.8 Å². The van der Waals surface area contributed by atoms with E-state index in [1.807, 2.05) is 0 Å². The molecule has 2 N–H and O–H groups in total. The molecule has 1 atom stereocenters. The van der Waals surface area contributed by atoms with E-state index in [4.69, 9.17) is 9.29 Å². The summed E-state index contributed by atoms with van der Waals surface area (Å²) in [6.07, 6.45) is -0.973. The van der Waals surface area contributed by atoms with Crippen LogP contribution in [0.4, 0.5) is 0 Å². The first kappa shape index (κ1) is 13.0. The second kappa shape index (κ2) is 5.29. The molecule has 6 heteroatoms. The van der Waals surface area contributed by atoms with Crippen LogP contribution in [-0.4, -0.2) is 37.0 Å². The van der Waals surface area contributed by atoms with Crippen molar-refractivity contribution in [1.82, 2.24) is 0 Å². The smallest absolute Gasteiger partial charge is 0.267 e. The lowest BCUT2D eigenvalue weighted by atomic mass is 10.1. The van der Waals surface area contributed by atoms with E-state index in [0.29, 0.717) is 5.75 Å². The normalized spacial score (nSPS) is 13.4. The van der Waals surface area contributed by atoms with E-state index in [0.717, 1.165) is 5.56 Å². The number of aliphatic hydroxyl groups excluding tert-OH is 1. The summed E-state index contributed by atoms with van der Waals surface area (Å²) >= 11 is 0. The monoisotopic (exact) mass is 246 g/mol. The molecule has 0 aromatic heterocycles. The molecule has 1 aromatic rings. The first-order valence-electron chi connectivity index (χ1n) is 4.67. The highest BCUT2D eigenvalue weighted by Crippen LogP contribution is 2.14. The Morgan fingerprint density at radius 3 is 2.69 bits per heavy atom. The maximum Gasteiger partial charge on any atom is 0.267 e. The Kier molecular flexibility index (Phi) is 4.28. The van der Waals surface area contributed by atoms with Crippen LogP contribution in [0.15, 0.2) is 24.3 Å². The fourth-order valence-corrected chi connectivity index (χ4v) is 1.98. The molecular weight excluding hydrogens is 232 g/mol. The minimum atomic E-state index is -4.14. The zero-order valence-corrected chi connectivity index (χ0v) is 9.64. The molecule has 0 saturated heterocycles. The molecule has 90 valence electrons. The van der Waals surface area contributed by atoms with Crippen LogP contribution in [0.1, 0.15) is 5.56 Å². The van der Waals surface area contributed by atoms with Crippen molar-refractivity contribution in [3.8, 4) is 5.75 Å². The minimum Gasteiger partial charge on any atom is -0.497 e. The molecule has 0 bridgehead atoms. The molecule has 0 amide bonds. The van der Waals surface area contributed by atoms with E-state index >= 15 is 0 Å². The molecular formula is C10H14O5S. The molecule has 0 aliphatic rings. The first-order chi connectivity index (χ1) is 7.40. The quantitative estimate of drug-likeness (QED) is 0.738. The molecule has 16 heavy (non-hydrogen) atoms. The number of benzene rings is 1. The first-order valence-corrected chi connectivity index (χ1v) is 6.28. The van der Waals surface area contributed by atoms with Crippen LogP contribution in [0.25, 0.3) is 0 Å². The lowest BCUT2D eigenvalue weighted by Gasteiger charge is -2.09. The van der Waals surface area contributed by atoms with Crippen molar-refractivity contribution in [2.24, 2.45) is 0 Å². The van der Waals surface area contributed by atoms with Gasteiger partial charge in [-0.15, -0.1) is 0 Å². The van der Waals surface area contributed by atoms with Gasteiger partial charge in [-0.3, -0.25) is 4.55 Å². The molecule has 1 rings (SSSR count). The van der Waals surface area contributed by atoms with Gasteiger partial charge in [0.1, 0.15) is 11.5 Å². The lowest BCUT2D eigenvalue weighted by Crippen LogP contribution is -2.22. The number of aliphatic hydroxyl groups is 1. The van der Waals surface area contributed by atoms with E-state index in [-0.39, 0.29) is 6.42 Å². The van der Waals surface area contributed by atoms with Gasteiger partial charge in [0.25, 0.3) is 10.1 Å². The fraction of sp³-hybridized carbons (Fsp3) is 0.400. The van der Waals surface area contributed by atoms with Crippen molar-refractivity contribution < 1.29 is 22.8 Å². The van der Waals surface area contributed by atoms with Crippen LogP contribution in [0, 0.1) is 0 Å². The van der Waals surface area contributed by atoms with E-state index in [9.17, 15) is 13.5 Å². The average Bonchev–Trinajstić information content (AvgIpc) is 2.15.